The topological polar surface area (TPSA) is 29.9 Å². The first-order valence-corrected chi connectivity index (χ1v) is 6.24. The number of hydrogen-bond acceptors (Lipinski definition) is 2. The highest BCUT2D eigenvalue weighted by Gasteiger charge is 2.16. The average molecular weight is 227 g/mol. The van der Waals surface area contributed by atoms with Crippen molar-refractivity contribution in [1.82, 2.24) is 14.9 Å². The molecular weight excluding hydrogens is 210 g/mol. The van der Waals surface area contributed by atoms with Gasteiger partial charge >= 0.3 is 0 Å². The van der Waals surface area contributed by atoms with Crippen molar-refractivity contribution in [1.29, 1.82) is 0 Å². The number of fused-ring (bicyclic) bond motifs is 1. The lowest BCUT2D eigenvalue weighted by Crippen LogP contribution is -2.24. The third-order valence-corrected chi connectivity index (χ3v) is 3.42. The largest absolute Gasteiger partial charge is 0.311 e. The Morgan fingerprint density at radius 1 is 1.35 bits per heavy atom. The van der Waals surface area contributed by atoms with E-state index in [4.69, 9.17) is 0 Å². The van der Waals surface area contributed by atoms with Gasteiger partial charge in [-0.2, -0.15) is 0 Å². The predicted octanol–water partition coefficient (Wildman–Crippen LogP) is 2.08. The van der Waals surface area contributed by atoms with Gasteiger partial charge in [-0.05, 0) is 18.1 Å². The van der Waals surface area contributed by atoms with Crippen LogP contribution >= 0.6 is 0 Å². The van der Waals surface area contributed by atoms with Crippen LogP contribution in [0.2, 0.25) is 0 Å². The Labute approximate surface area is 101 Å². The Bertz CT molecular complexity index is 528. The van der Waals surface area contributed by atoms with Gasteiger partial charge in [-0.1, -0.05) is 25.1 Å². The van der Waals surface area contributed by atoms with Crippen LogP contribution in [0.25, 0.3) is 5.69 Å². The lowest BCUT2D eigenvalue weighted by Gasteiger charge is -2.16. The highest BCUT2D eigenvalue weighted by Crippen LogP contribution is 2.21. The van der Waals surface area contributed by atoms with Gasteiger partial charge in [-0.3, -0.25) is 0 Å². The summed E-state index contributed by atoms with van der Waals surface area (Å²) in [4.78, 5) is 4.51. The first-order valence-electron chi connectivity index (χ1n) is 6.24. The average Bonchev–Trinajstić information content (AvgIpc) is 2.82. The summed E-state index contributed by atoms with van der Waals surface area (Å²) in [5.41, 5.74) is 5.23. The van der Waals surface area contributed by atoms with Crippen LogP contribution in [-0.4, -0.2) is 16.1 Å². The van der Waals surface area contributed by atoms with Crippen LogP contribution in [0.5, 0.6) is 0 Å². The molecule has 1 aliphatic rings. The third-order valence-electron chi connectivity index (χ3n) is 3.42. The molecule has 1 N–H and O–H groups in total. The van der Waals surface area contributed by atoms with Crippen LogP contribution in [0.3, 0.4) is 0 Å². The molecule has 17 heavy (non-hydrogen) atoms. The van der Waals surface area contributed by atoms with Gasteiger partial charge in [0.05, 0.1) is 12.0 Å². The van der Waals surface area contributed by atoms with Gasteiger partial charge in [-0.25, -0.2) is 4.98 Å². The van der Waals surface area contributed by atoms with Crippen LogP contribution in [0.4, 0.5) is 0 Å². The molecule has 0 unspecified atom stereocenters. The molecule has 1 aromatic carbocycles. The van der Waals surface area contributed by atoms with Crippen LogP contribution in [0.15, 0.2) is 30.6 Å². The molecule has 0 spiro atoms. The smallest absolute Gasteiger partial charge is 0.0998 e. The zero-order valence-electron chi connectivity index (χ0n) is 10.1. The van der Waals surface area contributed by atoms with Crippen molar-refractivity contribution in [2.45, 2.75) is 26.3 Å². The summed E-state index contributed by atoms with van der Waals surface area (Å²) < 4.78 is 2.26. The Morgan fingerprint density at radius 3 is 3.12 bits per heavy atom. The van der Waals surface area contributed by atoms with Crippen molar-refractivity contribution in [3.8, 4) is 5.69 Å². The summed E-state index contributed by atoms with van der Waals surface area (Å²) in [5, 5.41) is 3.36. The van der Waals surface area contributed by atoms with E-state index in [-0.39, 0.29) is 0 Å². The van der Waals surface area contributed by atoms with Crippen molar-refractivity contribution >= 4 is 0 Å². The standard InChI is InChI=1S/C14H17N3/c1-2-11-5-3-4-6-13(11)17-10-16-12-9-15-8-7-14(12)17/h3-6,10,15H,2,7-9H2,1H3. The lowest BCUT2D eigenvalue weighted by molar-refractivity contribution is 0.619. The Kier molecular flexibility index (Phi) is 2.69. The Balaban J connectivity index is 2.12. The molecule has 0 saturated carbocycles. The number of imidazole rings is 1. The summed E-state index contributed by atoms with van der Waals surface area (Å²) in [6.45, 7) is 4.15. The monoisotopic (exact) mass is 227 g/mol. The molecule has 0 aliphatic carbocycles. The molecule has 1 aliphatic heterocycles. The second-order valence-electron chi connectivity index (χ2n) is 4.42. The van der Waals surface area contributed by atoms with Crippen LogP contribution in [0.1, 0.15) is 23.9 Å². The molecule has 3 nitrogen and oxygen atoms in total. The molecule has 0 fully saturated rings. The van der Waals surface area contributed by atoms with Crippen molar-refractivity contribution < 1.29 is 0 Å². The van der Waals surface area contributed by atoms with Crippen LogP contribution in [-0.2, 0) is 19.4 Å². The van der Waals surface area contributed by atoms with E-state index in [1.165, 1.54) is 22.6 Å². The maximum absolute atomic E-state index is 4.51. The Hall–Kier alpha value is -1.61. The molecule has 1 aromatic heterocycles. The van der Waals surface area contributed by atoms with Gasteiger partial charge in [0.25, 0.3) is 0 Å². The van der Waals surface area contributed by atoms with Crippen molar-refractivity contribution in [2.24, 2.45) is 0 Å². The zero-order valence-corrected chi connectivity index (χ0v) is 10.1. The van der Waals surface area contributed by atoms with Crippen LogP contribution in [0, 0.1) is 0 Å². The van der Waals surface area contributed by atoms with Gasteiger partial charge in [0.2, 0.25) is 0 Å². The zero-order chi connectivity index (χ0) is 11.7. The van der Waals surface area contributed by atoms with Crippen LogP contribution < -0.4 is 5.32 Å². The van der Waals surface area contributed by atoms with Gasteiger partial charge in [-0.15, -0.1) is 0 Å². The number of hydrogen-bond donors (Lipinski definition) is 1. The van der Waals surface area contributed by atoms with E-state index in [9.17, 15) is 0 Å². The van der Waals surface area contributed by atoms with E-state index in [0.29, 0.717) is 0 Å². The fourth-order valence-electron chi connectivity index (χ4n) is 2.49. The minimum Gasteiger partial charge on any atom is -0.311 e. The number of rotatable bonds is 2. The Morgan fingerprint density at radius 2 is 2.24 bits per heavy atom. The predicted molar refractivity (Wildman–Crippen MR) is 68.4 cm³/mol. The van der Waals surface area contributed by atoms with Crippen molar-refractivity contribution in [3.05, 3.63) is 47.5 Å². The second kappa shape index (κ2) is 4.34. The number of nitrogens with one attached hydrogen (secondary N) is 1. The third kappa shape index (κ3) is 1.76. The fraction of sp³-hybridized carbons (Fsp3) is 0.357. The quantitative estimate of drug-likeness (QED) is 0.851. The van der Waals surface area contributed by atoms with E-state index in [1.807, 2.05) is 6.33 Å². The van der Waals surface area contributed by atoms with E-state index >= 15 is 0 Å². The molecule has 0 radical (unpaired) electrons. The number of aryl methyl sites for hydroxylation is 1. The van der Waals surface area contributed by atoms with E-state index in [1.54, 1.807) is 0 Å². The minimum absolute atomic E-state index is 0.899. The summed E-state index contributed by atoms with van der Waals surface area (Å²) >= 11 is 0. The molecule has 88 valence electrons. The van der Waals surface area contributed by atoms with E-state index in [0.717, 1.165) is 25.9 Å². The number of nitrogens with zero attached hydrogens (tertiary/aromatic N) is 2. The normalized spacial score (nSPS) is 14.6. The molecule has 0 saturated heterocycles. The fourth-order valence-corrected chi connectivity index (χ4v) is 2.49. The summed E-state index contributed by atoms with van der Waals surface area (Å²) in [5.74, 6) is 0. The summed E-state index contributed by atoms with van der Waals surface area (Å²) in [6.07, 6.45) is 4.08. The summed E-state index contributed by atoms with van der Waals surface area (Å²) in [7, 11) is 0. The van der Waals surface area contributed by atoms with Crippen molar-refractivity contribution in [3.63, 3.8) is 0 Å². The molecule has 2 heterocycles. The molecule has 0 amide bonds. The first kappa shape index (κ1) is 10.5. The lowest BCUT2D eigenvalue weighted by atomic mass is 10.1. The highest BCUT2D eigenvalue weighted by molar-refractivity contribution is 5.43. The number of para-hydroxylation sites is 1. The molecule has 0 bridgehead atoms. The van der Waals surface area contributed by atoms with Gasteiger partial charge in [0.1, 0.15) is 0 Å². The SMILES string of the molecule is CCc1ccccc1-n1cnc2c1CCNC2. The molecule has 3 rings (SSSR count). The first-order chi connectivity index (χ1) is 8.40. The van der Waals surface area contributed by atoms with Crippen molar-refractivity contribution in [2.75, 3.05) is 6.54 Å². The van der Waals surface area contributed by atoms with E-state index in [2.05, 4.69) is 46.1 Å². The molecule has 2 aromatic rings. The van der Waals surface area contributed by atoms with Gasteiger partial charge < -0.3 is 9.88 Å². The molecular formula is C14H17N3. The maximum Gasteiger partial charge on any atom is 0.0998 e. The number of aromatic nitrogens is 2. The molecule has 0 atom stereocenters. The van der Waals surface area contributed by atoms with Gasteiger partial charge in [0, 0.05) is 30.9 Å². The number of benzene rings is 1. The molecule has 3 heteroatoms. The van der Waals surface area contributed by atoms with E-state index < -0.39 is 0 Å². The maximum atomic E-state index is 4.51. The highest BCUT2D eigenvalue weighted by atomic mass is 15.1. The summed E-state index contributed by atoms with van der Waals surface area (Å²) in [6, 6.07) is 8.58. The second-order valence-corrected chi connectivity index (χ2v) is 4.42. The minimum atomic E-state index is 0.899. The van der Waals surface area contributed by atoms with Gasteiger partial charge in [0.15, 0.2) is 0 Å².